The Morgan fingerprint density at radius 3 is 2.09 bits per heavy atom. The first-order chi connectivity index (χ1) is 15.7. The van der Waals surface area contributed by atoms with Gasteiger partial charge in [0.25, 0.3) is 0 Å². The largest absolute Gasteiger partial charge is 0.493 e. The van der Waals surface area contributed by atoms with Crippen molar-refractivity contribution in [1.29, 1.82) is 0 Å². The highest BCUT2D eigenvalue weighted by molar-refractivity contribution is 7.89. The van der Waals surface area contributed by atoms with Crippen molar-refractivity contribution in [3.63, 3.8) is 0 Å². The first-order valence-corrected chi connectivity index (χ1v) is 11.5. The van der Waals surface area contributed by atoms with Crippen LogP contribution >= 0.6 is 0 Å². The lowest BCUT2D eigenvalue weighted by Crippen LogP contribution is -2.32. The maximum atomic E-state index is 13.4. The number of ether oxygens (including phenoxy) is 2. The molecule has 0 aliphatic carbocycles. The van der Waals surface area contributed by atoms with Gasteiger partial charge in [-0.15, -0.1) is 0 Å². The van der Waals surface area contributed by atoms with E-state index in [1.807, 2.05) is 6.07 Å². The first-order valence-electron chi connectivity index (χ1n) is 10.0. The van der Waals surface area contributed by atoms with E-state index in [2.05, 4.69) is 0 Å². The Morgan fingerprint density at radius 2 is 1.52 bits per heavy atom. The molecule has 0 fully saturated rings. The summed E-state index contributed by atoms with van der Waals surface area (Å²) >= 11 is 0. The standard InChI is InChI=1S/C24H24FNO6S/c1-31-22-12-5-17(15-23(22)32-2)13-14-26(16-18-3-8-20(25)9-4-18)33(29,30)21-10-6-19(7-11-21)24(27)28/h3-12,15H,13-14,16H2,1-2H3,(H,27,28). The van der Waals surface area contributed by atoms with Gasteiger partial charge in [-0.05, 0) is 66.1 Å². The summed E-state index contributed by atoms with van der Waals surface area (Å²) in [5.74, 6) is -0.457. The van der Waals surface area contributed by atoms with E-state index in [1.165, 1.54) is 67.1 Å². The lowest BCUT2D eigenvalue weighted by molar-refractivity contribution is 0.0696. The molecule has 0 bridgehead atoms. The molecule has 1 N–H and O–H groups in total. The molecule has 9 heteroatoms. The van der Waals surface area contributed by atoms with Crippen LogP contribution in [0.5, 0.6) is 11.5 Å². The average molecular weight is 474 g/mol. The minimum absolute atomic E-state index is 0.00985. The number of nitrogens with zero attached hydrogens (tertiary/aromatic N) is 1. The highest BCUT2D eigenvalue weighted by Gasteiger charge is 2.25. The molecule has 0 aliphatic heterocycles. The molecule has 0 aromatic heterocycles. The number of carboxylic acid groups (broad SMARTS) is 1. The van der Waals surface area contributed by atoms with Crippen LogP contribution in [-0.2, 0) is 23.0 Å². The van der Waals surface area contributed by atoms with E-state index in [-0.39, 0.29) is 23.5 Å². The van der Waals surface area contributed by atoms with Crippen LogP contribution in [0.1, 0.15) is 21.5 Å². The third kappa shape index (κ3) is 5.88. The molecule has 0 saturated carbocycles. The molecule has 0 atom stereocenters. The van der Waals surface area contributed by atoms with Crippen molar-refractivity contribution in [3.05, 3.63) is 89.2 Å². The van der Waals surface area contributed by atoms with E-state index in [0.717, 1.165) is 5.56 Å². The van der Waals surface area contributed by atoms with Crippen LogP contribution in [0.3, 0.4) is 0 Å². The maximum absolute atomic E-state index is 13.4. The molecule has 0 amide bonds. The lowest BCUT2D eigenvalue weighted by Gasteiger charge is -2.23. The van der Waals surface area contributed by atoms with Crippen LogP contribution in [0.4, 0.5) is 4.39 Å². The van der Waals surface area contributed by atoms with Crippen LogP contribution in [0.15, 0.2) is 71.6 Å². The summed E-state index contributed by atoms with van der Waals surface area (Å²) < 4.78 is 51.9. The molecule has 0 spiro atoms. The molecule has 0 saturated heterocycles. The van der Waals surface area contributed by atoms with Gasteiger partial charge in [0.1, 0.15) is 5.82 Å². The van der Waals surface area contributed by atoms with Gasteiger partial charge in [0.2, 0.25) is 10.0 Å². The molecule has 7 nitrogen and oxygen atoms in total. The van der Waals surface area contributed by atoms with Gasteiger partial charge in [0.15, 0.2) is 11.5 Å². The zero-order valence-electron chi connectivity index (χ0n) is 18.2. The number of methoxy groups -OCH3 is 2. The topological polar surface area (TPSA) is 93.1 Å². The smallest absolute Gasteiger partial charge is 0.335 e. The van der Waals surface area contributed by atoms with E-state index >= 15 is 0 Å². The highest BCUT2D eigenvalue weighted by atomic mass is 32.2. The lowest BCUT2D eigenvalue weighted by atomic mass is 10.1. The molecule has 0 aliphatic rings. The van der Waals surface area contributed by atoms with E-state index in [9.17, 15) is 17.6 Å². The summed E-state index contributed by atoms with van der Waals surface area (Å²) in [6, 6.07) is 16.0. The second-order valence-corrected chi connectivity index (χ2v) is 9.17. The molecule has 3 aromatic carbocycles. The fraction of sp³-hybridized carbons (Fsp3) is 0.208. The Kier molecular flexibility index (Phi) is 7.67. The van der Waals surface area contributed by atoms with Crippen LogP contribution in [-0.4, -0.2) is 44.6 Å². The van der Waals surface area contributed by atoms with Crippen molar-refractivity contribution in [2.45, 2.75) is 17.9 Å². The monoisotopic (exact) mass is 473 g/mol. The minimum Gasteiger partial charge on any atom is -0.493 e. The first kappa shape index (κ1) is 24.2. The van der Waals surface area contributed by atoms with E-state index < -0.39 is 21.8 Å². The van der Waals surface area contributed by atoms with E-state index in [0.29, 0.717) is 23.5 Å². The quantitative estimate of drug-likeness (QED) is 0.479. The van der Waals surface area contributed by atoms with Crippen LogP contribution in [0, 0.1) is 5.82 Å². The normalized spacial score (nSPS) is 11.4. The summed E-state index contributed by atoms with van der Waals surface area (Å²) in [7, 11) is -0.906. The Hall–Kier alpha value is -3.43. The fourth-order valence-electron chi connectivity index (χ4n) is 3.29. The van der Waals surface area contributed by atoms with Crippen molar-refractivity contribution in [2.75, 3.05) is 20.8 Å². The molecule has 0 radical (unpaired) electrons. The number of benzene rings is 3. The molecule has 3 aromatic rings. The third-order valence-corrected chi connectivity index (χ3v) is 6.97. The number of hydrogen-bond acceptors (Lipinski definition) is 5. The number of halogens is 1. The Balaban J connectivity index is 1.90. The van der Waals surface area contributed by atoms with Crippen molar-refractivity contribution in [2.24, 2.45) is 0 Å². The number of rotatable bonds is 10. The zero-order valence-corrected chi connectivity index (χ0v) is 19.0. The van der Waals surface area contributed by atoms with Crippen molar-refractivity contribution >= 4 is 16.0 Å². The molecular weight excluding hydrogens is 449 g/mol. The van der Waals surface area contributed by atoms with E-state index in [4.69, 9.17) is 14.6 Å². The Labute approximate surface area is 192 Å². The predicted molar refractivity (Wildman–Crippen MR) is 121 cm³/mol. The Morgan fingerprint density at radius 1 is 0.909 bits per heavy atom. The highest BCUT2D eigenvalue weighted by Crippen LogP contribution is 2.28. The van der Waals surface area contributed by atoms with Gasteiger partial charge in [-0.1, -0.05) is 18.2 Å². The molecule has 0 unspecified atom stereocenters. The summed E-state index contributed by atoms with van der Waals surface area (Å²) in [5, 5.41) is 9.09. The van der Waals surface area contributed by atoms with Gasteiger partial charge in [0, 0.05) is 13.1 Å². The van der Waals surface area contributed by atoms with Gasteiger partial charge in [0.05, 0.1) is 24.7 Å². The average Bonchev–Trinajstić information content (AvgIpc) is 2.82. The van der Waals surface area contributed by atoms with Crippen molar-refractivity contribution in [3.8, 4) is 11.5 Å². The zero-order chi connectivity index (χ0) is 24.0. The second kappa shape index (κ2) is 10.5. The van der Waals surface area contributed by atoms with Gasteiger partial charge in [-0.3, -0.25) is 0 Å². The van der Waals surface area contributed by atoms with Crippen molar-refractivity contribution < 1.29 is 32.2 Å². The molecule has 174 valence electrons. The summed E-state index contributed by atoms with van der Waals surface area (Å²) in [6.45, 7) is 0.159. The summed E-state index contributed by atoms with van der Waals surface area (Å²) in [6.07, 6.45) is 0.383. The molecule has 33 heavy (non-hydrogen) atoms. The number of carbonyl (C=O) groups is 1. The molecular formula is C24H24FNO6S. The van der Waals surface area contributed by atoms with E-state index in [1.54, 1.807) is 12.1 Å². The number of carboxylic acids is 1. The number of hydrogen-bond donors (Lipinski definition) is 1. The fourth-order valence-corrected chi connectivity index (χ4v) is 4.71. The summed E-state index contributed by atoms with van der Waals surface area (Å²) in [5.41, 5.74) is 1.45. The van der Waals surface area contributed by atoms with Crippen LogP contribution < -0.4 is 9.47 Å². The third-order valence-electron chi connectivity index (χ3n) is 5.11. The van der Waals surface area contributed by atoms with Crippen molar-refractivity contribution in [1.82, 2.24) is 4.31 Å². The second-order valence-electron chi connectivity index (χ2n) is 7.23. The summed E-state index contributed by atoms with van der Waals surface area (Å²) in [4.78, 5) is 11.1. The van der Waals surface area contributed by atoms with Crippen LogP contribution in [0.2, 0.25) is 0 Å². The van der Waals surface area contributed by atoms with Gasteiger partial charge in [-0.2, -0.15) is 4.31 Å². The molecule has 3 rings (SSSR count). The number of aromatic carboxylic acids is 1. The number of sulfonamides is 1. The van der Waals surface area contributed by atoms with Gasteiger partial charge < -0.3 is 14.6 Å². The van der Waals surface area contributed by atoms with Gasteiger partial charge in [-0.25, -0.2) is 17.6 Å². The maximum Gasteiger partial charge on any atom is 0.335 e. The minimum atomic E-state index is -3.96. The predicted octanol–water partition coefficient (Wildman–Crippen LogP) is 3.97. The molecule has 0 heterocycles. The Bertz CT molecular complexity index is 1210. The van der Waals surface area contributed by atoms with Gasteiger partial charge >= 0.3 is 5.97 Å². The SMILES string of the molecule is COc1ccc(CCN(Cc2ccc(F)cc2)S(=O)(=O)c2ccc(C(=O)O)cc2)cc1OC. The van der Waals surface area contributed by atoms with Crippen LogP contribution in [0.25, 0.3) is 0 Å².